The van der Waals surface area contributed by atoms with Gasteiger partial charge in [0.2, 0.25) is 5.95 Å². The molecule has 3 heterocycles. The fourth-order valence-electron chi connectivity index (χ4n) is 3.08. The minimum Gasteiger partial charge on any atom is -0.360 e. The fraction of sp³-hybridized carbons (Fsp3) is 0.389. The van der Waals surface area contributed by atoms with Crippen molar-refractivity contribution in [3.63, 3.8) is 0 Å². The summed E-state index contributed by atoms with van der Waals surface area (Å²) in [5, 5.41) is 13.8. The number of benzene rings is 1. The van der Waals surface area contributed by atoms with Crippen molar-refractivity contribution >= 4 is 17.7 Å². The number of piperidine rings is 1. The van der Waals surface area contributed by atoms with E-state index in [0.29, 0.717) is 5.75 Å². The molecule has 1 fully saturated rings. The molecule has 0 N–H and O–H groups in total. The zero-order chi connectivity index (χ0) is 17.1. The molecule has 0 saturated carbocycles. The van der Waals surface area contributed by atoms with Gasteiger partial charge in [0.15, 0.2) is 5.16 Å². The molecule has 0 unspecified atom stereocenters. The van der Waals surface area contributed by atoms with Gasteiger partial charge < -0.3 is 9.42 Å². The lowest BCUT2D eigenvalue weighted by molar-refractivity contribution is 0.391. The molecule has 25 heavy (non-hydrogen) atoms. The van der Waals surface area contributed by atoms with Gasteiger partial charge in [-0.05, 0) is 38.3 Å². The van der Waals surface area contributed by atoms with Crippen molar-refractivity contribution in [1.82, 2.24) is 19.9 Å². The molecule has 1 aliphatic rings. The van der Waals surface area contributed by atoms with Crippen molar-refractivity contribution in [1.29, 1.82) is 0 Å². The highest BCUT2D eigenvalue weighted by atomic mass is 32.2. The van der Waals surface area contributed by atoms with E-state index < -0.39 is 0 Å². The molecule has 2 aromatic heterocycles. The molecule has 0 radical (unpaired) electrons. The molecule has 4 rings (SSSR count). The van der Waals surface area contributed by atoms with E-state index in [1.165, 1.54) is 19.3 Å². The van der Waals surface area contributed by atoms with Crippen LogP contribution in [0.2, 0.25) is 0 Å². The molecule has 1 aromatic carbocycles. The van der Waals surface area contributed by atoms with Crippen LogP contribution in [0, 0.1) is 6.92 Å². The summed E-state index contributed by atoms with van der Waals surface area (Å²) in [7, 11) is 0. The van der Waals surface area contributed by atoms with Crippen LogP contribution in [-0.2, 0) is 5.75 Å². The molecule has 1 saturated heterocycles. The smallest absolute Gasteiger partial charge is 0.232 e. The highest BCUT2D eigenvalue weighted by Gasteiger charge is 2.21. The van der Waals surface area contributed by atoms with Crippen LogP contribution in [0.1, 0.15) is 30.7 Å². The Kier molecular flexibility index (Phi) is 4.74. The summed E-state index contributed by atoms with van der Waals surface area (Å²) in [5.41, 5.74) is 1.98. The Balaban J connectivity index is 1.64. The van der Waals surface area contributed by atoms with Crippen molar-refractivity contribution in [3.05, 3.63) is 47.9 Å². The van der Waals surface area contributed by atoms with E-state index in [0.717, 1.165) is 41.3 Å². The zero-order valence-electron chi connectivity index (χ0n) is 14.3. The highest BCUT2D eigenvalue weighted by Crippen LogP contribution is 2.30. The molecular formula is C18H21N5OS. The van der Waals surface area contributed by atoms with Crippen LogP contribution in [0.4, 0.5) is 5.95 Å². The Morgan fingerprint density at radius 2 is 1.88 bits per heavy atom. The highest BCUT2D eigenvalue weighted by molar-refractivity contribution is 7.98. The van der Waals surface area contributed by atoms with Gasteiger partial charge in [0.1, 0.15) is 5.76 Å². The standard InChI is InChI=1S/C18H21N5OS/c1-14-12-16(24-21-14)13-25-18-20-19-17(22-10-6-3-7-11-22)23(18)15-8-4-2-5-9-15/h2,4-5,8-9,12H,3,6-7,10-11,13H2,1H3. The maximum Gasteiger partial charge on any atom is 0.232 e. The van der Waals surface area contributed by atoms with E-state index in [1.807, 2.05) is 31.2 Å². The molecule has 6 nitrogen and oxygen atoms in total. The molecule has 0 amide bonds. The Bertz CT molecular complexity index is 823. The van der Waals surface area contributed by atoms with Gasteiger partial charge in [-0.1, -0.05) is 35.1 Å². The molecule has 0 atom stereocenters. The molecule has 7 heteroatoms. The summed E-state index contributed by atoms with van der Waals surface area (Å²) in [5.74, 6) is 2.47. The normalized spacial score (nSPS) is 14.8. The Morgan fingerprint density at radius 3 is 2.60 bits per heavy atom. The first-order chi connectivity index (χ1) is 12.3. The van der Waals surface area contributed by atoms with Crippen molar-refractivity contribution in [3.8, 4) is 5.69 Å². The summed E-state index contributed by atoms with van der Waals surface area (Å²) in [6.07, 6.45) is 3.71. The number of hydrogen-bond donors (Lipinski definition) is 0. The fourth-order valence-corrected chi connectivity index (χ4v) is 3.90. The molecular weight excluding hydrogens is 334 g/mol. The van der Waals surface area contributed by atoms with Crippen molar-refractivity contribution in [2.45, 2.75) is 37.1 Å². The van der Waals surface area contributed by atoms with Crippen LogP contribution in [0.15, 0.2) is 46.1 Å². The van der Waals surface area contributed by atoms with Crippen molar-refractivity contribution in [2.75, 3.05) is 18.0 Å². The van der Waals surface area contributed by atoms with Crippen molar-refractivity contribution < 1.29 is 4.52 Å². The van der Waals surface area contributed by atoms with Crippen LogP contribution >= 0.6 is 11.8 Å². The summed E-state index contributed by atoms with van der Waals surface area (Å²) >= 11 is 1.62. The first kappa shape index (κ1) is 16.2. The number of rotatable bonds is 5. The minimum atomic E-state index is 0.686. The summed E-state index contributed by atoms with van der Waals surface area (Å²) in [4.78, 5) is 2.34. The molecule has 0 spiro atoms. The molecule has 0 aliphatic carbocycles. The number of hydrogen-bond acceptors (Lipinski definition) is 6. The molecule has 1 aliphatic heterocycles. The number of anilines is 1. The lowest BCUT2D eigenvalue weighted by Gasteiger charge is -2.27. The second-order valence-corrected chi connectivity index (χ2v) is 7.17. The van der Waals surface area contributed by atoms with Crippen molar-refractivity contribution in [2.24, 2.45) is 0 Å². The number of para-hydroxylation sites is 1. The largest absolute Gasteiger partial charge is 0.360 e. The first-order valence-electron chi connectivity index (χ1n) is 8.62. The molecule has 3 aromatic rings. The Morgan fingerprint density at radius 1 is 1.08 bits per heavy atom. The predicted molar refractivity (Wildman–Crippen MR) is 98.2 cm³/mol. The first-order valence-corrected chi connectivity index (χ1v) is 9.60. The van der Waals surface area contributed by atoms with E-state index >= 15 is 0 Å². The Labute approximate surface area is 151 Å². The van der Waals surface area contributed by atoms with Gasteiger partial charge in [-0.15, -0.1) is 10.2 Å². The second kappa shape index (κ2) is 7.31. The SMILES string of the molecule is Cc1cc(CSc2nnc(N3CCCCC3)n2-c2ccccc2)on1. The maximum atomic E-state index is 5.32. The van der Waals surface area contributed by atoms with E-state index in [2.05, 4.69) is 37.0 Å². The van der Waals surface area contributed by atoms with Gasteiger partial charge in [0, 0.05) is 19.2 Å². The quantitative estimate of drug-likeness (QED) is 0.648. The third-order valence-electron chi connectivity index (χ3n) is 4.29. The molecule has 130 valence electrons. The van der Waals surface area contributed by atoms with Crippen LogP contribution in [0.5, 0.6) is 0 Å². The van der Waals surface area contributed by atoms with Gasteiger partial charge in [0.25, 0.3) is 0 Å². The van der Waals surface area contributed by atoms with Crippen LogP contribution in [-0.4, -0.2) is 33.0 Å². The summed E-state index contributed by atoms with van der Waals surface area (Å²) in [6.45, 7) is 4.01. The average molecular weight is 355 g/mol. The number of aryl methyl sites for hydroxylation is 1. The predicted octanol–water partition coefficient (Wildman–Crippen LogP) is 3.85. The maximum absolute atomic E-state index is 5.32. The summed E-state index contributed by atoms with van der Waals surface area (Å²) < 4.78 is 7.47. The van der Waals surface area contributed by atoms with Gasteiger partial charge >= 0.3 is 0 Å². The lowest BCUT2D eigenvalue weighted by atomic mass is 10.1. The van der Waals surface area contributed by atoms with Crippen LogP contribution in [0.25, 0.3) is 5.69 Å². The van der Waals surface area contributed by atoms with E-state index in [9.17, 15) is 0 Å². The van der Waals surface area contributed by atoms with Gasteiger partial charge in [0.05, 0.1) is 17.1 Å². The molecule has 0 bridgehead atoms. The van der Waals surface area contributed by atoms with Gasteiger partial charge in [-0.2, -0.15) is 0 Å². The third kappa shape index (κ3) is 3.56. The summed E-state index contributed by atoms with van der Waals surface area (Å²) in [6, 6.07) is 12.3. The van der Waals surface area contributed by atoms with E-state index in [-0.39, 0.29) is 0 Å². The van der Waals surface area contributed by atoms with Gasteiger partial charge in [-0.25, -0.2) is 0 Å². The average Bonchev–Trinajstić information content (AvgIpc) is 3.27. The number of aromatic nitrogens is 4. The van der Waals surface area contributed by atoms with Gasteiger partial charge in [-0.3, -0.25) is 4.57 Å². The zero-order valence-corrected chi connectivity index (χ0v) is 15.1. The van der Waals surface area contributed by atoms with E-state index in [1.54, 1.807) is 11.8 Å². The number of nitrogens with zero attached hydrogens (tertiary/aromatic N) is 5. The lowest BCUT2D eigenvalue weighted by Crippen LogP contribution is -2.31. The van der Waals surface area contributed by atoms with E-state index in [4.69, 9.17) is 4.52 Å². The third-order valence-corrected chi connectivity index (χ3v) is 5.24. The Hall–Kier alpha value is -2.28. The number of thioether (sulfide) groups is 1. The topological polar surface area (TPSA) is 60.0 Å². The van der Waals surface area contributed by atoms with Crippen LogP contribution in [0.3, 0.4) is 0 Å². The second-order valence-electron chi connectivity index (χ2n) is 6.22. The minimum absolute atomic E-state index is 0.686. The monoisotopic (exact) mass is 355 g/mol. The van der Waals surface area contributed by atoms with Crippen LogP contribution < -0.4 is 4.90 Å².